The Labute approximate surface area is 168 Å². The number of benzene rings is 1. The number of carbonyl (C=O) groups excluding carboxylic acids is 1. The minimum absolute atomic E-state index is 0.160. The molecule has 0 bridgehead atoms. The van der Waals surface area contributed by atoms with Crippen LogP contribution in [0.3, 0.4) is 0 Å². The molecule has 0 fully saturated rings. The number of ether oxygens (including phenoxy) is 2. The first-order chi connectivity index (χ1) is 14.3. The Balaban J connectivity index is 1.43. The second-order valence-corrected chi connectivity index (χ2v) is 7.36. The van der Waals surface area contributed by atoms with Gasteiger partial charge in [0.05, 0.1) is 50.3 Å². The first-order valence-electron chi connectivity index (χ1n) is 9.89. The van der Waals surface area contributed by atoms with Crippen LogP contribution < -0.4 is 10.1 Å². The second-order valence-electron chi connectivity index (χ2n) is 7.36. The maximum Gasteiger partial charge on any atom is 0.272 e. The third kappa shape index (κ3) is 3.09. The molecule has 1 aromatic carbocycles. The van der Waals surface area contributed by atoms with Crippen molar-refractivity contribution in [3.63, 3.8) is 0 Å². The van der Waals surface area contributed by atoms with Crippen LogP contribution in [-0.2, 0) is 24.3 Å². The van der Waals surface area contributed by atoms with Crippen molar-refractivity contribution in [1.29, 1.82) is 0 Å². The number of imidazole rings is 1. The fraction of sp³-hybridized carbons (Fsp3) is 0.381. The van der Waals surface area contributed by atoms with E-state index in [1.54, 1.807) is 19.6 Å². The largest absolute Gasteiger partial charge is 0.494 e. The number of rotatable bonds is 4. The lowest BCUT2D eigenvalue weighted by Crippen LogP contribution is -2.35. The van der Waals surface area contributed by atoms with Crippen LogP contribution >= 0.6 is 0 Å². The van der Waals surface area contributed by atoms with Gasteiger partial charge in [-0.05, 0) is 31.4 Å². The molecule has 8 heteroatoms. The van der Waals surface area contributed by atoms with Crippen LogP contribution in [0, 0.1) is 0 Å². The smallest absolute Gasteiger partial charge is 0.272 e. The lowest BCUT2D eigenvalue weighted by atomic mass is 10.0. The van der Waals surface area contributed by atoms with Crippen molar-refractivity contribution in [2.45, 2.75) is 38.5 Å². The molecule has 0 saturated carbocycles. The molecular formula is C21H23N5O3. The summed E-state index contributed by atoms with van der Waals surface area (Å²) in [6.07, 6.45) is 6.69. The molecule has 5 rings (SSSR count). The van der Waals surface area contributed by atoms with Gasteiger partial charge in [0.1, 0.15) is 17.1 Å². The van der Waals surface area contributed by atoms with Crippen LogP contribution in [0.2, 0.25) is 0 Å². The lowest BCUT2D eigenvalue weighted by molar-refractivity contribution is 0.0683. The van der Waals surface area contributed by atoms with Gasteiger partial charge in [-0.1, -0.05) is 12.1 Å². The van der Waals surface area contributed by atoms with Gasteiger partial charge < -0.3 is 19.4 Å². The molecule has 0 aliphatic carbocycles. The van der Waals surface area contributed by atoms with Crippen LogP contribution in [0.15, 0.2) is 36.8 Å². The summed E-state index contributed by atoms with van der Waals surface area (Å²) in [5.74, 6) is 0.571. The van der Waals surface area contributed by atoms with E-state index in [0.29, 0.717) is 18.9 Å². The summed E-state index contributed by atoms with van der Waals surface area (Å²) >= 11 is 0. The molecule has 150 valence electrons. The molecule has 0 radical (unpaired) electrons. The van der Waals surface area contributed by atoms with Gasteiger partial charge in [0.25, 0.3) is 5.91 Å². The van der Waals surface area contributed by atoms with E-state index in [0.717, 1.165) is 54.2 Å². The Bertz CT molecular complexity index is 1050. The fourth-order valence-corrected chi connectivity index (χ4v) is 4.17. The Morgan fingerprint density at radius 1 is 1.28 bits per heavy atom. The van der Waals surface area contributed by atoms with Crippen molar-refractivity contribution in [1.82, 2.24) is 24.6 Å². The number of fused-ring (bicyclic) bond motifs is 2. The zero-order valence-electron chi connectivity index (χ0n) is 16.3. The normalized spacial score (nSPS) is 18.0. The lowest BCUT2D eigenvalue weighted by Gasteiger charge is -2.25. The summed E-state index contributed by atoms with van der Waals surface area (Å²) in [7, 11) is 1.64. The molecule has 4 heterocycles. The van der Waals surface area contributed by atoms with Crippen molar-refractivity contribution >= 4 is 5.91 Å². The molecule has 8 nitrogen and oxygen atoms in total. The first kappa shape index (κ1) is 17.9. The van der Waals surface area contributed by atoms with Crippen molar-refractivity contribution < 1.29 is 14.3 Å². The number of methoxy groups -OCH3 is 1. The second kappa shape index (κ2) is 7.36. The number of hydrogen-bond acceptors (Lipinski definition) is 5. The SMILES string of the molecule is COc1ccccc1-n1ncc2c1COCC2NC(=O)c1ncn2c1CCCC2. The summed E-state index contributed by atoms with van der Waals surface area (Å²) in [5.41, 5.74) is 4.26. The number of aromatic nitrogens is 4. The monoisotopic (exact) mass is 393 g/mol. The van der Waals surface area contributed by atoms with E-state index in [9.17, 15) is 4.79 Å². The average molecular weight is 393 g/mol. The number of carbonyl (C=O) groups is 1. The van der Waals surface area contributed by atoms with E-state index in [1.165, 1.54) is 0 Å². The van der Waals surface area contributed by atoms with E-state index in [2.05, 4.69) is 20.0 Å². The molecule has 0 spiro atoms. The quantitative estimate of drug-likeness (QED) is 0.736. The van der Waals surface area contributed by atoms with Gasteiger partial charge in [0.2, 0.25) is 0 Å². The molecule has 2 aliphatic heterocycles. The predicted octanol–water partition coefficient (Wildman–Crippen LogP) is 2.42. The summed E-state index contributed by atoms with van der Waals surface area (Å²) in [5, 5.41) is 7.65. The first-order valence-corrected chi connectivity index (χ1v) is 9.89. The molecule has 29 heavy (non-hydrogen) atoms. The van der Waals surface area contributed by atoms with Crippen LogP contribution in [-0.4, -0.2) is 39.0 Å². The molecule has 1 unspecified atom stereocenters. The van der Waals surface area contributed by atoms with Crippen molar-refractivity contribution in [2.24, 2.45) is 0 Å². The van der Waals surface area contributed by atoms with Gasteiger partial charge >= 0.3 is 0 Å². The topological polar surface area (TPSA) is 83.2 Å². The zero-order valence-corrected chi connectivity index (χ0v) is 16.3. The molecular weight excluding hydrogens is 370 g/mol. The number of para-hydroxylation sites is 2. The third-order valence-electron chi connectivity index (χ3n) is 5.64. The maximum absolute atomic E-state index is 12.9. The number of nitrogens with zero attached hydrogens (tertiary/aromatic N) is 4. The van der Waals surface area contributed by atoms with Gasteiger partial charge in [0, 0.05) is 12.1 Å². The number of hydrogen-bond donors (Lipinski definition) is 1. The predicted molar refractivity (Wildman–Crippen MR) is 105 cm³/mol. The summed E-state index contributed by atoms with van der Waals surface area (Å²) < 4.78 is 15.2. The Morgan fingerprint density at radius 3 is 3.07 bits per heavy atom. The summed E-state index contributed by atoms with van der Waals surface area (Å²) in [4.78, 5) is 17.3. The Hall–Kier alpha value is -3.13. The van der Waals surface area contributed by atoms with E-state index in [-0.39, 0.29) is 11.9 Å². The highest BCUT2D eigenvalue weighted by molar-refractivity contribution is 5.93. The summed E-state index contributed by atoms with van der Waals surface area (Å²) in [6, 6.07) is 7.44. The highest BCUT2D eigenvalue weighted by atomic mass is 16.5. The van der Waals surface area contributed by atoms with Crippen molar-refractivity contribution in [3.05, 3.63) is 59.4 Å². The zero-order chi connectivity index (χ0) is 19.8. The van der Waals surface area contributed by atoms with E-state index >= 15 is 0 Å². The van der Waals surface area contributed by atoms with Gasteiger partial charge in [-0.2, -0.15) is 5.10 Å². The third-order valence-corrected chi connectivity index (χ3v) is 5.64. The van der Waals surface area contributed by atoms with E-state index < -0.39 is 0 Å². The van der Waals surface area contributed by atoms with Crippen LogP contribution in [0.4, 0.5) is 0 Å². The average Bonchev–Trinajstić information content (AvgIpc) is 3.39. The number of aryl methyl sites for hydroxylation is 1. The number of nitrogens with one attached hydrogen (secondary N) is 1. The molecule has 1 amide bonds. The molecule has 3 aromatic rings. The minimum Gasteiger partial charge on any atom is -0.494 e. The minimum atomic E-state index is -0.268. The Morgan fingerprint density at radius 2 is 2.17 bits per heavy atom. The molecule has 2 aliphatic rings. The van der Waals surface area contributed by atoms with Crippen molar-refractivity contribution in [2.75, 3.05) is 13.7 Å². The fourth-order valence-electron chi connectivity index (χ4n) is 4.17. The van der Waals surface area contributed by atoms with Gasteiger partial charge in [-0.15, -0.1) is 0 Å². The van der Waals surface area contributed by atoms with E-state index in [1.807, 2.05) is 28.9 Å². The molecule has 2 aromatic heterocycles. The highest BCUT2D eigenvalue weighted by Crippen LogP contribution is 2.30. The van der Waals surface area contributed by atoms with Crippen molar-refractivity contribution in [3.8, 4) is 11.4 Å². The maximum atomic E-state index is 12.9. The van der Waals surface area contributed by atoms with Gasteiger partial charge in [-0.25, -0.2) is 9.67 Å². The standard InChI is InChI=1S/C21H23N5O3/c1-28-19-8-3-2-6-16(19)26-18-12-29-11-15(14(18)10-23-26)24-21(27)20-17-7-4-5-9-25(17)13-22-20/h2-3,6,8,10,13,15H,4-5,7,9,11-12H2,1H3,(H,24,27). The Kier molecular flexibility index (Phi) is 4.55. The van der Waals surface area contributed by atoms with Crippen LogP contribution in [0.5, 0.6) is 5.75 Å². The van der Waals surface area contributed by atoms with Gasteiger partial charge in [-0.3, -0.25) is 4.79 Å². The molecule has 1 N–H and O–H groups in total. The highest BCUT2D eigenvalue weighted by Gasteiger charge is 2.29. The number of amides is 1. The van der Waals surface area contributed by atoms with Crippen LogP contribution in [0.25, 0.3) is 5.69 Å². The summed E-state index contributed by atoms with van der Waals surface area (Å²) in [6.45, 7) is 1.77. The van der Waals surface area contributed by atoms with Crippen LogP contribution in [0.1, 0.15) is 46.3 Å². The molecule has 1 atom stereocenters. The van der Waals surface area contributed by atoms with Gasteiger partial charge in [0.15, 0.2) is 0 Å². The van der Waals surface area contributed by atoms with E-state index in [4.69, 9.17) is 9.47 Å². The molecule has 0 saturated heterocycles.